The van der Waals surface area contributed by atoms with E-state index in [9.17, 15) is 4.79 Å². The molecule has 1 heterocycles. The smallest absolute Gasteiger partial charge is 0.337 e. The summed E-state index contributed by atoms with van der Waals surface area (Å²) in [5.41, 5.74) is 1.62. The Labute approximate surface area is 107 Å². The lowest BCUT2D eigenvalue weighted by Gasteiger charge is -2.07. The van der Waals surface area contributed by atoms with Crippen LogP contribution in [-0.4, -0.2) is 22.6 Å². The molecular weight excluding hydrogens is 284 g/mol. The molecule has 4 nitrogen and oxygen atoms in total. The van der Waals surface area contributed by atoms with Gasteiger partial charge in [0.05, 0.1) is 19.0 Å². The van der Waals surface area contributed by atoms with Crippen molar-refractivity contribution in [2.24, 2.45) is 0 Å². The van der Waals surface area contributed by atoms with Gasteiger partial charge in [0.15, 0.2) is 0 Å². The molecule has 0 saturated heterocycles. The van der Waals surface area contributed by atoms with Crippen LogP contribution >= 0.6 is 15.9 Å². The summed E-state index contributed by atoms with van der Waals surface area (Å²) in [5, 5.41) is 0. The molecule has 0 spiro atoms. The molecule has 1 aromatic heterocycles. The fourth-order valence-corrected chi connectivity index (χ4v) is 2.00. The fraction of sp³-hybridized carbons (Fsp3) is 0.167. The van der Waals surface area contributed by atoms with Gasteiger partial charge in [-0.2, -0.15) is 0 Å². The summed E-state index contributed by atoms with van der Waals surface area (Å²) in [6.07, 6.45) is 5.37. The van der Waals surface area contributed by atoms with Crippen LogP contribution in [0.2, 0.25) is 0 Å². The van der Waals surface area contributed by atoms with Gasteiger partial charge in [-0.3, -0.25) is 0 Å². The molecule has 5 heteroatoms. The van der Waals surface area contributed by atoms with Gasteiger partial charge < -0.3 is 9.30 Å². The predicted molar refractivity (Wildman–Crippen MR) is 66.8 cm³/mol. The van der Waals surface area contributed by atoms with Crippen molar-refractivity contribution in [3.8, 4) is 0 Å². The summed E-state index contributed by atoms with van der Waals surface area (Å²) >= 11 is 3.45. The van der Waals surface area contributed by atoms with Gasteiger partial charge in [0.25, 0.3) is 0 Å². The lowest BCUT2D eigenvalue weighted by Crippen LogP contribution is -2.03. The van der Waals surface area contributed by atoms with Crippen molar-refractivity contribution in [1.29, 1.82) is 0 Å². The first-order valence-corrected chi connectivity index (χ1v) is 5.82. The molecule has 1 aromatic carbocycles. The zero-order valence-corrected chi connectivity index (χ0v) is 10.8. The molecule has 0 aliphatic carbocycles. The molecule has 0 atom stereocenters. The minimum atomic E-state index is -0.333. The fourth-order valence-electron chi connectivity index (χ4n) is 1.50. The highest BCUT2D eigenvalue weighted by Crippen LogP contribution is 2.20. The Bertz CT molecular complexity index is 523. The number of halogens is 1. The number of aromatic nitrogens is 2. The van der Waals surface area contributed by atoms with E-state index < -0.39 is 0 Å². The first-order valence-electron chi connectivity index (χ1n) is 5.03. The van der Waals surface area contributed by atoms with E-state index in [1.54, 1.807) is 24.7 Å². The highest BCUT2D eigenvalue weighted by Gasteiger charge is 2.08. The highest BCUT2D eigenvalue weighted by molar-refractivity contribution is 9.10. The summed E-state index contributed by atoms with van der Waals surface area (Å²) in [6.45, 7) is 0.710. The molecule has 0 aliphatic rings. The van der Waals surface area contributed by atoms with E-state index in [0.29, 0.717) is 12.1 Å². The number of carbonyl (C=O) groups excluding carboxylic acids is 1. The van der Waals surface area contributed by atoms with Crippen LogP contribution in [0.1, 0.15) is 15.9 Å². The molecule has 0 radical (unpaired) electrons. The number of benzene rings is 1. The Hall–Kier alpha value is -1.62. The lowest BCUT2D eigenvalue weighted by molar-refractivity contribution is 0.0600. The van der Waals surface area contributed by atoms with E-state index in [-0.39, 0.29) is 5.97 Å². The second-order valence-corrected chi connectivity index (χ2v) is 4.39. The Morgan fingerprint density at radius 1 is 1.53 bits per heavy atom. The maximum absolute atomic E-state index is 11.3. The van der Waals surface area contributed by atoms with Crippen LogP contribution in [0.3, 0.4) is 0 Å². The van der Waals surface area contributed by atoms with Crippen LogP contribution in [0.4, 0.5) is 0 Å². The van der Waals surface area contributed by atoms with E-state index in [4.69, 9.17) is 0 Å². The highest BCUT2D eigenvalue weighted by atomic mass is 79.9. The van der Waals surface area contributed by atoms with Gasteiger partial charge in [0, 0.05) is 23.4 Å². The van der Waals surface area contributed by atoms with E-state index in [0.717, 1.165) is 10.0 Å². The normalized spacial score (nSPS) is 10.2. The average molecular weight is 295 g/mol. The van der Waals surface area contributed by atoms with Crippen LogP contribution in [0.25, 0.3) is 0 Å². The Balaban J connectivity index is 2.23. The molecule has 0 saturated carbocycles. The molecule has 0 fully saturated rings. The van der Waals surface area contributed by atoms with Gasteiger partial charge in [-0.05, 0) is 17.7 Å². The summed E-state index contributed by atoms with van der Waals surface area (Å²) in [4.78, 5) is 15.3. The maximum Gasteiger partial charge on any atom is 0.337 e. The number of ether oxygens (including phenoxy) is 1. The third kappa shape index (κ3) is 2.74. The summed E-state index contributed by atoms with van der Waals surface area (Å²) in [6, 6.07) is 5.41. The average Bonchev–Trinajstić information content (AvgIpc) is 2.83. The lowest BCUT2D eigenvalue weighted by atomic mass is 10.1. The summed E-state index contributed by atoms with van der Waals surface area (Å²) in [5.74, 6) is -0.333. The number of hydrogen-bond donors (Lipinski definition) is 0. The second kappa shape index (κ2) is 5.14. The van der Waals surface area contributed by atoms with Crippen LogP contribution in [-0.2, 0) is 11.3 Å². The molecule has 0 amide bonds. The standard InChI is InChI=1S/C12H11BrN2O2/c1-17-12(16)9-2-3-10(11(13)6-9)7-15-5-4-14-8-15/h2-6,8H,7H2,1H3. The molecule has 0 N–H and O–H groups in total. The number of methoxy groups -OCH3 is 1. The van der Waals surface area contributed by atoms with Gasteiger partial charge in [-0.1, -0.05) is 22.0 Å². The quantitative estimate of drug-likeness (QED) is 0.817. The van der Waals surface area contributed by atoms with Gasteiger partial charge in [-0.25, -0.2) is 9.78 Å². The number of nitrogens with zero attached hydrogens (tertiary/aromatic N) is 2. The largest absolute Gasteiger partial charge is 0.465 e. The molecule has 0 unspecified atom stereocenters. The zero-order chi connectivity index (χ0) is 12.3. The number of hydrogen-bond acceptors (Lipinski definition) is 3. The van der Waals surface area contributed by atoms with Gasteiger partial charge in [-0.15, -0.1) is 0 Å². The van der Waals surface area contributed by atoms with Gasteiger partial charge >= 0.3 is 5.97 Å². The van der Waals surface area contributed by atoms with Crippen LogP contribution in [0.15, 0.2) is 41.4 Å². The first-order chi connectivity index (χ1) is 8.20. The minimum absolute atomic E-state index is 0.333. The zero-order valence-electron chi connectivity index (χ0n) is 9.26. The number of rotatable bonds is 3. The number of imidazole rings is 1. The topological polar surface area (TPSA) is 44.1 Å². The predicted octanol–water partition coefficient (Wildman–Crippen LogP) is 2.48. The second-order valence-electron chi connectivity index (χ2n) is 3.53. The van der Waals surface area contributed by atoms with Crippen LogP contribution in [0.5, 0.6) is 0 Å². The van der Waals surface area contributed by atoms with E-state index in [1.165, 1.54) is 7.11 Å². The Morgan fingerprint density at radius 2 is 2.35 bits per heavy atom. The third-order valence-electron chi connectivity index (χ3n) is 2.39. The van der Waals surface area contributed by atoms with Crippen molar-refractivity contribution < 1.29 is 9.53 Å². The summed E-state index contributed by atoms with van der Waals surface area (Å²) < 4.78 is 7.50. The molecular formula is C12H11BrN2O2. The molecule has 17 heavy (non-hydrogen) atoms. The monoisotopic (exact) mass is 294 g/mol. The molecule has 0 bridgehead atoms. The van der Waals surface area contributed by atoms with E-state index in [2.05, 4.69) is 25.7 Å². The molecule has 0 aliphatic heterocycles. The first kappa shape index (κ1) is 11.9. The van der Waals surface area contributed by atoms with Crippen LogP contribution in [0, 0.1) is 0 Å². The van der Waals surface area contributed by atoms with Crippen molar-refractivity contribution in [2.75, 3.05) is 7.11 Å². The molecule has 88 valence electrons. The van der Waals surface area contributed by atoms with Crippen LogP contribution < -0.4 is 0 Å². The summed E-state index contributed by atoms with van der Waals surface area (Å²) in [7, 11) is 1.37. The van der Waals surface area contributed by atoms with E-state index >= 15 is 0 Å². The van der Waals surface area contributed by atoms with Crippen molar-refractivity contribution in [2.45, 2.75) is 6.54 Å². The van der Waals surface area contributed by atoms with E-state index in [1.807, 2.05) is 16.8 Å². The van der Waals surface area contributed by atoms with Crippen molar-refractivity contribution in [1.82, 2.24) is 9.55 Å². The molecule has 2 rings (SSSR count). The van der Waals surface area contributed by atoms with Gasteiger partial charge in [0.1, 0.15) is 0 Å². The number of esters is 1. The number of carbonyl (C=O) groups is 1. The maximum atomic E-state index is 11.3. The third-order valence-corrected chi connectivity index (χ3v) is 3.12. The minimum Gasteiger partial charge on any atom is -0.465 e. The molecule has 2 aromatic rings. The van der Waals surface area contributed by atoms with Crippen molar-refractivity contribution >= 4 is 21.9 Å². The van der Waals surface area contributed by atoms with Gasteiger partial charge in [0.2, 0.25) is 0 Å². The Morgan fingerprint density at radius 3 is 2.94 bits per heavy atom. The Kier molecular flexibility index (Phi) is 3.58. The SMILES string of the molecule is COC(=O)c1ccc(Cn2ccnc2)c(Br)c1. The van der Waals surface area contributed by atoms with Crippen molar-refractivity contribution in [3.63, 3.8) is 0 Å². The van der Waals surface area contributed by atoms with Crippen molar-refractivity contribution in [3.05, 3.63) is 52.5 Å².